The van der Waals surface area contributed by atoms with E-state index in [0.29, 0.717) is 18.0 Å². The molecule has 0 spiro atoms. The Balaban J connectivity index is 1.68. The molecule has 1 aromatic heterocycles. The lowest BCUT2D eigenvalue weighted by molar-refractivity contribution is -0.138. The first-order chi connectivity index (χ1) is 9.12. The summed E-state index contributed by atoms with van der Waals surface area (Å²) in [5, 5.41) is 6.23. The summed E-state index contributed by atoms with van der Waals surface area (Å²) in [6.07, 6.45) is 3.77. The summed E-state index contributed by atoms with van der Waals surface area (Å²) in [5.41, 5.74) is 1.27. The molecule has 5 heteroatoms. The highest BCUT2D eigenvalue weighted by Gasteiger charge is 2.55. The van der Waals surface area contributed by atoms with Gasteiger partial charge in [0.15, 0.2) is 0 Å². The van der Waals surface area contributed by atoms with E-state index in [-0.39, 0.29) is 16.9 Å². The fourth-order valence-electron chi connectivity index (χ4n) is 3.21. The topological polar surface area (TPSA) is 74.0 Å². The van der Waals surface area contributed by atoms with Crippen molar-refractivity contribution in [3.05, 3.63) is 33.7 Å². The van der Waals surface area contributed by atoms with Gasteiger partial charge in [0.2, 0.25) is 5.91 Å². The molecule has 5 nitrogen and oxygen atoms in total. The summed E-state index contributed by atoms with van der Waals surface area (Å²) >= 11 is 0. The smallest absolute Gasteiger partial charge is 0.252 e. The zero-order valence-corrected chi connectivity index (χ0v) is 11.1. The molecule has 19 heavy (non-hydrogen) atoms. The third-order valence-corrected chi connectivity index (χ3v) is 4.57. The van der Waals surface area contributed by atoms with Gasteiger partial charge >= 0.3 is 0 Å². The zero-order valence-electron chi connectivity index (χ0n) is 11.1. The van der Waals surface area contributed by atoms with E-state index in [0.717, 1.165) is 31.5 Å². The van der Waals surface area contributed by atoms with Crippen molar-refractivity contribution in [2.75, 3.05) is 13.1 Å². The molecule has 2 aliphatic rings. The van der Waals surface area contributed by atoms with Gasteiger partial charge in [-0.2, -0.15) is 0 Å². The molecule has 0 radical (unpaired) electrons. The molecule has 1 aliphatic carbocycles. The number of aromatic nitrogens is 1. The first kappa shape index (κ1) is 12.4. The minimum atomic E-state index is -0.212. The molecule has 3 N–H and O–H groups in total. The number of pyridine rings is 1. The van der Waals surface area contributed by atoms with E-state index in [1.54, 1.807) is 6.20 Å². The third kappa shape index (κ3) is 1.98. The van der Waals surface area contributed by atoms with Crippen molar-refractivity contribution >= 4 is 5.91 Å². The Morgan fingerprint density at radius 2 is 2.42 bits per heavy atom. The molecule has 2 heterocycles. The maximum Gasteiger partial charge on any atom is 0.252 e. The van der Waals surface area contributed by atoms with Gasteiger partial charge in [0.25, 0.3) is 5.56 Å². The predicted molar refractivity (Wildman–Crippen MR) is 71.7 cm³/mol. The zero-order chi connectivity index (χ0) is 13.5. The fourth-order valence-corrected chi connectivity index (χ4v) is 3.21. The third-order valence-electron chi connectivity index (χ3n) is 4.57. The molecule has 1 saturated heterocycles. The maximum absolute atomic E-state index is 12.3. The molecule has 2 fully saturated rings. The lowest BCUT2D eigenvalue weighted by atomic mass is 9.61. The number of carbonyl (C=O) groups is 1. The van der Waals surface area contributed by atoms with Gasteiger partial charge in [-0.15, -0.1) is 0 Å². The number of hydrogen-bond acceptors (Lipinski definition) is 3. The van der Waals surface area contributed by atoms with Crippen LogP contribution in [-0.2, 0) is 11.3 Å². The van der Waals surface area contributed by atoms with E-state index < -0.39 is 0 Å². The molecule has 1 amide bonds. The number of hydrogen-bond donors (Lipinski definition) is 3. The number of aryl methyl sites for hydroxylation is 1. The van der Waals surface area contributed by atoms with Crippen molar-refractivity contribution in [1.82, 2.24) is 15.6 Å². The van der Waals surface area contributed by atoms with Crippen LogP contribution >= 0.6 is 0 Å². The van der Waals surface area contributed by atoms with E-state index in [2.05, 4.69) is 15.6 Å². The SMILES string of the molecule is Cc1c[nH]c(=O)c(CNC(=O)[C@]23CC[C@H]2CNC3)c1. The molecule has 3 rings (SSSR count). The minimum absolute atomic E-state index is 0.0923. The van der Waals surface area contributed by atoms with E-state index in [9.17, 15) is 9.59 Å². The Bertz CT molecular complexity index is 566. The van der Waals surface area contributed by atoms with Gasteiger partial charge in [0.1, 0.15) is 0 Å². The predicted octanol–water partition coefficient (Wildman–Crippen LogP) is 0.299. The van der Waals surface area contributed by atoms with Gasteiger partial charge < -0.3 is 15.6 Å². The van der Waals surface area contributed by atoms with Crippen LogP contribution in [0.5, 0.6) is 0 Å². The summed E-state index contributed by atoms with van der Waals surface area (Å²) in [6.45, 7) is 3.94. The van der Waals surface area contributed by atoms with Gasteiger partial charge in [-0.3, -0.25) is 9.59 Å². The first-order valence-electron chi connectivity index (χ1n) is 6.79. The minimum Gasteiger partial charge on any atom is -0.351 e. The van der Waals surface area contributed by atoms with Crippen LogP contribution in [0.25, 0.3) is 0 Å². The maximum atomic E-state index is 12.3. The second-order valence-corrected chi connectivity index (χ2v) is 5.74. The highest BCUT2D eigenvalue weighted by atomic mass is 16.2. The molecular weight excluding hydrogens is 242 g/mol. The highest BCUT2D eigenvalue weighted by Crippen LogP contribution is 2.49. The number of H-pyrrole nitrogens is 1. The van der Waals surface area contributed by atoms with Gasteiger partial charge in [0.05, 0.1) is 5.41 Å². The first-order valence-corrected chi connectivity index (χ1v) is 6.79. The normalized spacial score (nSPS) is 28.6. The molecule has 2 atom stereocenters. The van der Waals surface area contributed by atoms with Crippen LogP contribution in [-0.4, -0.2) is 24.0 Å². The summed E-state index contributed by atoms with van der Waals surface area (Å²) < 4.78 is 0. The molecule has 1 aromatic rings. The number of nitrogens with one attached hydrogen (secondary N) is 3. The van der Waals surface area contributed by atoms with Crippen LogP contribution in [0.1, 0.15) is 24.0 Å². The van der Waals surface area contributed by atoms with Crippen LogP contribution < -0.4 is 16.2 Å². The van der Waals surface area contributed by atoms with Crippen molar-refractivity contribution in [3.63, 3.8) is 0 Å². The van der Waals surface area contributed by atoms with Gasteiger partial charge in [0, 0.05) is 24.8 Å². The quantitative estimate of drug-likeness (QED) is 0.732. The lowest BCUT2D eigenvalue weighted by Crippen LogP contribution is -2.51. The molecule has 1 saturated carbocycles. The molecule has 1 aliphatic heterocycles. The molecule has 0 aromatic carbocycles. The van der Waals surface area contributed by atoms with Gasteiger partial charge in [-0.05, 0) is 43.9 Å². The van der Waals surface area contributed by atoms with Crippen molar-refractivity contribution in [2.24, 2.45) is 11.3 Å². The molecule has 0 unspecified atom stereocenters. The molecular formula is C14H19N3O2. The Labute approximate surface area is 111 Å². The summed E-state index contributed by atoms with van der Waals surface area (Å²) in [4.78, 5) is 26.7. The number of amides is 1. The number of rotatable bonds is 3. The van der Waals surface area contributed by atoms with Crippen molar-refractivity contribution in [1.29, 1.82) is 0 Å². The second-order valence-electron chi connectivity index (χ2n) is 5.74. The van der Waals surface area contributed by atoms with E-state index in [4.69, 9.17) is 0 Å². The van der Waals surface area contributed by atoms with E-state index in [1.165, 1.54) is 0 Å². The summed E-state index contributed by atoms with van der Waals surface area (Å²) in [5.74, 6) is 0.568. The van der Waals surface area contributed by atoms with Gasteiger partial charge in [-0.25, -0.2) is 0 Å². The number of fused-ring (bicyclic) bond motifs is 1. The number of carbonyl (C=O) groups excluding carboxylic acids is 1. The summed E-state index contributed by atoms with van der Waals surface area (Å²) in [6, 6.07) is 1.82. The molecule has 0 bridgehead atoms. The van der Waals surface area contributed by atoms with Crippen LogP contribution in [0, 0.1) is 18.3 Å². The van der Waals surface area contributed by atoms with Crippen LogP contribution in [0.3, 0.4) is 0 Å². The van der Waals surface area contributed by atoms with Crippen LogP contribution in [0.15, 0.2) is 17.1 Å². The average molecular weight is 261 g/mol. The van der Waals surface area contributed by atoms with Crippen LogP contribution in [0.4, 0.5) is 0 Å². The monoisotopic (exact) mass is 261 g/mol. The van der Waals surface area contributed by atoms with E-state index in [1.807, 2.05) is 13.0 Å². The van der Waals surface area contributed by atoms with Crippen LogP contribution in [0.2, 0.25) is 0 Å². The van der Waals surface area contributed by atoms with Crippen molar-refractivity contribution in [2.45, 2.75) is 26.3 Å². The average Bonchev–Trinajstić information content (AvgIpc) is 2.66. The largest absolute Gasteiger partial charge is 0.351 e. The highest BCUT2D eigenvalue weighted by molar-refractivity contribution is 5.84. The van der Waals surface area contributed by atoms with Gasteiger partial charge in [-0.1, -0.05) is 0 Å². The Kier molecular flexibility index (Phi) is 2.93. The Morgan fingerprint density at radius 3 is 3.11 bits per heavy atom. The number of aromatic amines is 1. The van der Waals surface area contributed by atoms with E-state index >= 15 is 0 Å². The fraction of sp³-hybridized carbons (Fsp3) is 0.571. The Morgan fingerprint density at radius 1 is 1.58 bits per heavy atom. The second kappa shape index (κ2) is 4.49. The lowest BCUT2D eigenvalue weighted by Gasteiger charge is -2.42. The summed E-state index contributed by atoms with van der Waals surface area (Å²) in [7, 11) is 0. The standard InChI is InChI=1S/C14H19N3O2/c1-9-4-10(12(18)16-5-9)6-17-13(19)14-3-2-11(14)7-15-8-14/h4-5,11,15H,2-3,6-8H2,1H3,(H,16,18)(H,17,19)/t11-,14-/m0/s1. The van der Waals surface area contributed by atoms with Crippen molar-refractivity contribution < 1.29 is 4.79 Å². The Hall–Kier alpha value is -1.62. The molecule has 102 valence electrons. The van der Waals surface area contributed by atoms with Crippen molar-refractivity contribution in [3.8, 4) is 0 Å².